The van der Waals surface area contributed by atoms with E-state index in [4.69, 9.17) is 0 Å². The summed E-state index contributed by atoms with van der Waals surface area (Å²) in [6.07, 6.45) is 0. The summed E-state index contributed by atoms with van der Waals surface area (Å²) in [5, 5.41) is 22.5. The van der Waals surface area contributed by atoms with Crippen LogP contribution in [0.25, 0.3) is 0 Å². The van der Waals surface area contributed by atoms with Gasteiger partial charge < -0.3 is 0 Å². The Labute approximate surface area is 134 Å². The minimum atomic E-state index is -0.413. The number of aryl methyl sites for hydroxylation is 2. The maximum Gasteiger partial charge on any atom is 0.284 e. The molecule has 3 rings (SSSR count). The predicted octanol–water partition coefficient (Wildman–Crippen LogP) is 4.74. The van der Waals surface area contributed by atoms with Crippen LogP contribution in [-0.4, -0.2) is 9.85 Å². The maximum absolute atomic E-state index is 11.2. The summed E-state index contributed by atoms with van der Waals surface area (Å²) < 4.78 is 0. The standard InChI is InChI=1S/C14H10N2O4S2/c1-7-3-5-9(15(17)18)13-11(7)21-14-10(16(19)20)6-4-8(2)12(14)22-13/h3-6H,1-2H3. The zero-order valence-corrected chi connectivity index (χ0v) is 13.3. The van der Waals surface area contributed by atoms with Crippen LogP contribution in [0, 0.1) is 34.1 Å². The second kappa shape index (κ2) is 5.29. The molecular weight excluding hydrogens is 324 g/mol. The van der Waals surface area contributed by atoms with Crippen LogP contribution in [0.15, 0.2) is 43.8 Å². The third kappa shape index (κ3) is 2.24. The van der Waals surface area contributed by atoms with Crippen LogP contribution in [0.3, 0.4) is 0 Å². The van der Waals surface area contributed by atoms with Crippen molar-refractivity contribution < 1.29 is 9.85 Å². The monoisotopic (exact) mass is 334 g/mol. The van der Waals surface area contributed by atoms with Crippen LogP contribution in [0.1, 0.15) is 11.1 Å². The lowest BCUT2D eigenvalue weighted by atomic mass is 10.2. The number of rotatable bonds is 2. The minimum Gasteiger partial charge on any atom is -0.258 e. The van der Waals surface area contributed by atoms with Gasteiger partial charge in [-0.05, 0) is 25.0 Å². The van der Waals surface area contributed by atoms with E-state index in [1.165, 1.54) is 35.7 Å². The average Bonchev–Trinajstić information content (AvgIpc) is 2.46. The fourth-order valence-corrected chi connectivity index (χ4v) is 5.01. The van der Waals surface area contributed by atoms with Crippen molar-refractivity contribution in [2.45, 2.75) is 33.4 Å². The quantitative estimate of drug-likeness (QED) is 0.497. The Morgan fingerprint density at radius 2 is 1.09 bits per heavy atom. The van der Waals surface area contributed by atoms with Crippen molar-refractivity contribution in [2.24, 2.45) is 0 Å². The van der Waals surface area contributed by atoms with Gasteiger partial charge in [-0.3, -0.25) is 20.2 Å². The third-order valence-electron chi connectivity index (χ3n) is 3.38. The van der Waals surface area contributed by atoms with Crippen LogP contribution >= 0.6 is 23.5 Å². The molecule has 6 nitrogen and oxygen atoms in total. The SMILES string of the molecule is Cc1ccc([N+](=O)[O-])c2c1Sc1c([N+](=O)[O-])ccc(C)c1S2. The van der Waals surface area contributed by atoms with E-state index >= 15 is 0 Å². The van der Waals surface area contributed by atoms with E-state index in [-0.39, 0.29) is 11.4 Å². The highest BCUT2D eigenvalue weighted by Crippen LogP contribution is 2.56. The number of hydrogen-bond acceptors (Lipinski definition) is 6. The third-order valence-corrected chi connectivity index (χ3v) is 6.33. The highest BCUT2D eigenvalue weighted by atomic mass is 32.2. The summed E-state index contributed by atoms with van der Waals surface area (Å²) in [5.41, 5.74) is 1.82. The van der Waals surface area contributed by atoms with Crippen LogP contribution in [0.2, 0.25) is 0 Å². The van der Waals surface area contributed by atoms with Gasteiger partial charge in [0.2, 0.25) is 0 Å². The lowest BCUT2D eigenvalue weighted by Crippen LogP contribution is -2.02. The van der Waals surface area contributed by atoms with Crippen molar-refractivity contribution in [3.05, 3.63) is 55.6 Å². The maximum atomic E-state index is 11.2. The van der Waals surface area contributed by atoms with Crippen LogP contribution < -0.4 is 0 Å². The van der Waals surface area contributed by atoms with Gasteiger partial charge in [0.25, 0.3) is 11.4 Å². The Morgan fingerprint density at radius 1 is 0.727 bits per heavy atom. The number of nitro benzene ring substituents is 2. The number of benzene rings is 2. The second-order valence-electron chi connectivity index (χ2n) is 4.84. The molecule has 22 heavy (non-hydrogen) atoms. The van der Waals surface area contributed by atoms with Crippen molar-refractivity contribution in [2.75, 3.05) is 0 Å². The molecule has 0 aromatic heterocycles. The highest BCUT2D eigenvalue weighted by molar-refractivity contribution is 8.05. The highest BCUT2D eigenvalue weighted by Gasteiger charge is 2.32. The van der Waals surface area contributed by atoms with Gasteiger partial charge in [-0.2, -0.15) is 0 Å². The molecule has 2 aromatic carbocycles. The lowest BCUT2D eigenvalue weighted by Gasteiger charge is -2.21. The van der Waals surface area contributed by atoms with Gasteiger partial charge >= 0.3 is 0 Å². The molecule has 1 aliphatic rings. The molecule has 0 bridgehead atoms. The summed E-state index contributed by atoms with van der Waals surface area (Å²) in [7, 11) is 0. The Kier molecular flexibility index (Phi) is 3.57. The molecule has 0 radical (unpaired) electrons. The summed E-state index contributed by atoms with van der Waals surface area (Å²) in [4.78, 5) is 24.2. The van der Waals surface area contributed by atoms with Gasteiger partial charge in [-0.1, -0.05) is 35.7 Å². The summed E-state index contributed by atoms with van der Waals surface area (Å²) in [5.74, 6) is 0. The van der Waals surface area contributed by atoms with E-state index in [0.717, 1.165) is 20.9 Å². The Hall–Kier alpha value is -2.06. The molecule has 112 valence electrons. The van der Waals surface area contributed by atoms with Crippen LogP contribution in [0.4, 0.5) is 11.4 Å². The molecule has 8 heteroatoms. The molecule has 0 saturated heterocycles. The second-order valence-corrected chi connectivity index (χ2v) is 6.88. The molecular formula is C14H10N2O4S2. The molecule has 2 aromatic rings. The molecule has 1 heterocycles. The zero-order valence-electron chi connectivity index (χ0n) is 11.7. The average molecular weight is 334 g/mol. The van der Waals surface area contributed by atoms with Gasteiger partial charge in [-0.25, -0.2) is 0 Å². The first-order valence-electron chi connectivity index (χ1n) is 6.32. The molecule has 0 N–H and O–H groups in total. The fraction of sp³-hybridized carbons (Fsp3) is 0.143. The summed E-state index contributed by atoms with van der Waals surface area (Å²) in [6.45, 7) is 3.70. The van der Waals surface area contributed by atoms with Gasteiger partial charge in [0.15, 0.2) is 0 Å². The summed E-state index contributed by atoms with van der Waals surface area (Å²) >= 11 is 2.49. The van der Waals surface area contributed by atoms with Crippen LogP contribution in [-0.2, 0) is 0 Å². The molecule has 0 atom stereocenters. The first-order chi connectivity index (χ1) is 10.4. The summed E-state index contributed by atoms with van der Waals surface area (Å²) in [6, 6.07) is 6.33. The number of nitrogens with zero attached hydrogens (tertiary/aromatic N) is 2. The molecule has 0 amide bonds. The minimum absolute atomic E-state index is 0.0367. The van der Waals surface area contributed by atoms with Gasteiger partial charge in [0.05, 0.1) is 9.85 Å². The lowest BCUT2D eigenvalue weighted by molar-refractivity contribution is -0.388. The van der Waals surface area contributed by atoms with E-state index < -0.39 is 9.85 Å². The molecule has 0 aliphatic carbocycles. The molecule has 0 saturated carbocycles. The molecule has 0 fully saturated rings. The van der Waals surface area contributed by atoms with Crippen molar-refractivity contribution in [1.29, 1.82) is 0 Å². The Bertz CT molecular complexity index is 767. The number of fused-ring (bicyclic) bond motifs is 2. The van der Waals surface area contributed by atoms with Crippen molar-refractivity contribution >= 4 is 34.9 Å². The van der Waals surface area contributed by atoms with Crippen LogP contribution in [0.5, 0.6) is 0 Å². The largest absolute Gasteiger partial charge is 0.284 e. The fourth-order valence-electron chi connectivity index (χ4n) is 2.24. The van der Waals surface area contributed by atoms with Crippen molar-refractivity contribution in [3.63, 3.8) is 0 Å². The van der Waals surface area contributed by atoms with Gasteiger partial charge in [0, 0.05) is 21.9 Å². The topological polar surface area (TPSA) is 86.3 Å². The predicted molar refractivity (Wildman–Crippen MR) is 83.9 cm³/mol. The zero-order chi connectivity index (χ0) is 16.0. The smallest absolute Gasteiger partial charge is 0.258 e. The van der Waals surface area contributed by atoms with Gasteiger partial charge in [0.1, 0.15) is 9.79 Å². The van der Waals surface area contributed by atoms with E-state index in [0.29, 0.717) is 9.79 Å². The number of hydrogen-bond donors (Lipinski definition) is 0. The molecule has 0 spiro atoms. The van der Waals surface area contributed by atoms with Crippen molar-refractivity contribution in [1.82, 2.24) is 0 Å². The number of nitro groups is 2. The van der Waals surface area contributed by atoms with E-state index in [1.54, 1.807) is 12.1 Å². The molecule has 0 unspecified atom stereocenters. The van der Waals surface area contributed by atoms with E-state index in [9.17, 15) is 20.2 Å². The first-order valence-corrected chi connectivity index (χ1v) is 7.95. The van der Waals surface area contributed by atoms with Crippen molar-refractivity contribution in [3.8, 4) is 0 Å². The Balaban J connectivity index is 2.26. The Morgan fingerprint density at radius 3 is 1.41 bits per heavy atom. The first kappa shape index (κ1) is 14.9. The normalized spacial score (nSPS) is 12.5. The van der Waals surface area contributed by atoms with Gasteiger partial charge in [-0.15, -0.1) is 0 Å². The van der Waals surface area contributed by atoms with E-state index in [1.807, 2.05) is 13.8 Å². The molecule has 1 aliphatic heterocycles. The van der Waals surface area contributed by atoms with E-state index in [2.05, 4.69) is 0 Å².